The van der Waals surface area contributed by atoms with E-state index in [1.54, 1.807) is 6.20 Å². The maximum atomic E-state index is 4.62. The Morgan fingerprint density at radius 1 is 1.32 bits per heavy atom. The molecule has 2 aromatic rings. The minimum atomic E-state index is 0.697. The summed E-state index contributed by atoms with van der Waals surface area (Å²) >= 11 is 0. The van der Waals surface area contributed by atoms with Gasteiger partial charge in [0.15, 0.2) is 0 Å². The zero-order valence-corrected chi connectivity index (χ0v) is 11.0. The number of nitrogens with zero attached hydrogens (tertiary/aromatic N) is 4. The molecule has 0 unspecified atom stereocenters. The Kier molecular flexibility index (Phi) is 2.74. The Labute approximate surface area is 112 Å². The van der Waals surface area contributed by atoms with Crippen molar-refractivity contribution in [3.05, 3.63) is 30.4 Å². The van der Waals surface area contributed by atoms with Crippen LogP contribution in [0.2, 0.25) is 0 Å². The molecule has 0 atom stereocenters. The predicted octanol–water partition coefficient (Wildman–Crippen LogP) is 1.06. The van der Waals surface area contributed by atoms with Crippen molar-refractivity contribution < 1.29 is 0 Å². The largest absolute Gasteiger partial charge is 0.314 e. The second-order valence-corrected chi connectivity index (χ2v) is 5.63. The number of rotatable bonds is 4. The molecule has 3 heterocycles. The fourth-order valence-electron chi connectivity index (χ4n) is 2.93. The van der Waals surface area contributed by atoms with Crippen LogP contribution < -0.4 is 5.32 Å². The molecule has 1 saturated heterocycles. The molecule has 2 fully saturated rings. The Balaban J connectivity index is 1.56. The van der Waals surface area contributed by atoms with Crippen LogP contribution in [0.1, 0.15) is 25.0 Å². The van der Waals surface area contributed by atoms with Crippen molar-refractivity contribution in [3.8, 4) is 0 Å². The molecule has 1 saturated carbocycles. The third-order valence-corrected chi connectivity index (χ3v) is 4.40. The predicted molar refractivity (Wildman–Crippen MR) is 72.8 cm³/mol. The highest BCUT2D eigenvalue weighted by Gasteiger charge is 2.33. The van der Waals surface area contributed by atoms with Gasteiger partial charge in [0.2, 0.25) is 5.78 Å². The highest BCUT2D eigenvalue weighted by Crippen LogP contribution is 2.28. The molecule has 2 aliphatic rings. The van der Waals surface area contributed by atoms with Crippen molar-refractivity contribution in [2.45, 2.75) is 37.9 Å². The van der Waals surface area contributed by atoms with E-state index in [1.165, 1.54) is 19.3 Å². The minimum Gasteiger partial charge on any atom is -0.314 e. The van der Waals surface area contributed by atoms with Crippen molar-refractivity contribution in [2.75, 3.05) is 13.1 Å². The Morgan fingerprint density at radius 2 is 2.21 bits per heavy atom. The van der Waals surface area contributed by atoms with E-state index in [1.807, 2.05) is 16.7 Å². The Hall–Kier alpha value is -1.46. The molecular weight excluding hydrogens is 238 g/mol. The first kappa shape index (κ1) is 11.4. The first-order valence-electron chi connectivity index (χ1n) is 7.15. The smallest absolute Gasteiger partial charge is 0.233 e. The second-order valence-electron chi connectivity index (χ2n) is 5.63. The maximum Gasteiger partial charge on any atom is 0.233 e. The van der Waals surface area contributed by atoms with Gasteiger partial charge in [-0.25, -0.2) is 9.97 Å². The third-order valence-electron chi connectivity index (χ3n) is 4.40. The van der Waals surface area contributed by atoms with Crippen molar-refractivity contribution in [1.82, 2.24) is 24.6 Å². The SMILES string of the molecule is c1cnc2nc(CN(C3CCC3)C3CNC3)cn2c1. The number of imidazole rings is 1. The molecule has 5 nitrogen and oxygen atoms in total. The van der Waals surface area contributed by atoms with Crippen LogP contribution >= 0.6 is 0 Å². The second kappa shape index (κ2) is 4.58. The molecule has 4 rings (SSSR count). The molecule has 0 bridgehead atoms. The molecule has 1 aliphatic carbocycles. The van der Waals surface area contributed by atoms with E-state index in [2.05, 4.69) is 26.4 Å². The van der Waals surface area contributed by atoms with Gasteiger partial charge < -0.3 is 5.32 Å². The van der Waals surface area contributed by atoms with Gasteiger partial charge in [-0.15, -0.1) is 0 Å². The van der Waals surface area contributed by atoms with Gasteiger partial charge in [-0.3, -0.25) is 9.30 Å². The van der Waals surface area contributed by atoms with Crippen LogP contribution in [0.5, 0.6) is 0 Å². The van der Waals surface area contributed by atoms with E-state index in [4.69, 9.17) is 0 Å². The van der Waals surface area contributed by atoms with E-state index in [0.717, 1.165) is 37.1 Å². The van der Waals surface area contributed by atoms with E-state index in [0.29, 0.717) is 6.04 Å². The van der Waals surface area contributed by atoms with Crippen LogP contribution in [0, 0.1) is 0 Å². The van der Waals surface area contributed by atoms with Crippen LogP contribution in [0.25, 0.3) is 5.78 Å². The first-order chi connectivity index (χ1) is 9.40. The third kappa shape index (κ3) is 2.03. The van der Waals surface area contributed by atoms with E-state index < -0.39 is 0 Å². The van der Waals surface area contributed by atoms with Gasteiger partial charge >= 0.3 is 0 Å². The van der Waals surface area contributed by atoms with Crippen LogP contribution in [-0.2, 0) is 6.54 Å². The average molecular weight is 257 g/mol. The number of nitrogens with one attached hydrogen (secondary N) is 1. The van der Waals surface area contributed by atoms with E-state index >= 15 is 0 Å². The number of hydrogen-bond donors (Lipinski definition) is 1. The van der Waals surface area contributed by atoms with Crippen LogP contribution in [-0.4, -0.2) is 44.4 Å². The molecular formula is C14H19N5. The summed E-state index contributed by atoms with van der Waals surface area (Å²) < 4.78 is 2.01. The van der Waals surface area contributed by atoms with Crippen molar-refractivity contribution in [2.24, 2.45) is 0 Å². The van der Waals surface area contributed by atoms with Gasteiger partial charge in [-0.1, -0.05) is 6.42 Å². The fraction of sp³-hybridized carbons (Fsp3) is 0.571. The van der Waals surface area contributed by atoms with Crippen molar-refractivity contribution in [3.63, 3.8) is 0 Å². The Morgan fingerprint density at radius 3 is 2.84 bits per heavy atom. The normalized spacial score (nSPS) is 20.7. The molecule has 0 amide bonds. The van der Waals surface area contributed by atoms with Crippen molar-refractivity contribution in [1.29, 1.82) is 0 Å². The van der Waals surface area contributed by atoms with Gasteiger partial charge in [-0.05, 0) is 18.9 Å². The lowest BCUT2D eigenvalue weighted by atomic mass is 9.89. The standard InChI is InChI=1S/C14H19N5/c1-3-12(4-1)19(13-7-15-8-13)10-11-9-18-6-2-5-16-14(18)17-11/h2,5-6,9,12-13,15H,1,3-4,7-8,10H2. The summed E-state index contributed by atoms with van der Waals surface area (Å²) in [6.07, 6.45) is 10.0. The molecule has 0 radical (unpaired) electrons. The number of fused-ring (bicyclic) bond motifs is 1. The monoisotopic (exact) mass is 257 g/mol. The van der Waals surface area contributed by atoms with Crippen LogP contribution in [0.15, 0.2) is 24.7 Å². The van der Waals surface area contributed by atoms with E-state index in [-0.39, 0.29) is 0 Å². The van der Waals surface area contributed by atoms with E-state index in [9.17, 15) is 0 Å². The fourth-order valence-corrected chi connectivity index (χ4v) is 2.93. The van der Waals surface area contributed by atoms with Gasteiger partial charge in [0.25, 0.3) is 0 Å². The summed E-state index contributed by atoms with van der Waals surface area (Å²) in [6.45, 7) is 3.21. The average Bonchev–Trinajstić information content (AvgIpc) is 2.66. The summed E-state index contributed by atoms with van der Waals surface area (Å²) in [4.78, 5) is 11.6. The van der Waals surface area contributed by atoms with Crippen LogP contribution in [0.4, 0.5) is 0 Å². The lowest BCUT2D eigenvalue weighted by Gasteiger charge is -2.46. The summed E-state index contributed by atoms with van der Waals surface area (Å²) in [6, 6.07) is 3.41. The molecule has 5 heteroatoms. The number of aromatic nitrogens is 3. The lowest BCUT2D eigenvalue weighted by Crippen LogP contribution is -2.60. The van der Waals surface area contributed by atoms with Crippen LogP contribution in [0.3, 0.4) is 0 Å². The molecule has 1 aliphatic heterocycles. The molecule has 100 valence electrons. The maximum absolute atomic E-state index is 4.62. The summed E-state index contributed by atoms with van der Waals surface area (Å²) in [5.41, 5.74) is 1.14. The summed E-state index contributed by atoms with van der Waals surface area (Å²) in [7, 11) is 0. The first-order valence-corrected chi connectivity index (χ1v) is 7.15. The highest BCUT2D eigenvalue weighted by molar-refractivity contribution is 5.29. The summed E-state index contributed by atoms with van der Waals surface area (Å²) in [5, 5.41) is 3.38. The Bertz CT molecular complexity index is 523. The number of hydrogen-bond acceptors (Lipinski definition) is 4. The van der Waals surface area contributed by atoms with Gasteiger partial charge in [0, 0.05) is 50.3 Å². The molecule has 1 N–H and O–H groups in total. The lowest BCUT2D eigenvalue weighted by molar-refractivity contribution is 0.0444. The summed E-state index contributed by atoms with van der Waals surface area (Å²) in [5.74, 6) is 0.804. The molecule has 0 aromatic carbocycles. The quantitative estimate of drug-likeness (QED) is 0.889. The van der Waals surface area contributed by atoms with Gasteiger partial charge in [-0.2, -0.15) is 0 Å². The van der Waals surface area contributed by atoms with Gasteiger partial charge in [0.05, 0.1) is 5.69 Å². The molecule has 2 aromatic heterocycles. The minimum absolute atomic E-state index is 0.697. The topological polar surface area (TPSA) is 45.5 Å². The zero-order valence-electron chi connectivity index (χ0n) is 11.0. The highest BCUT2D eigenvalue weighted by atomic mass is 15.3. The molecule has 19 heavy (non-hydrogen) atoms. The van der Waals surface area contributed by atoms with Gasteiger partial charge in [0.1, 0.15) is 0 Å². The zero-order chi connectivity index (χ0) is 12.7. The molecule has 0 spiro atoms. The van der Waals surface area contributed by atoms with Crippen molar-refractivity contribution >= 4 is 5.78 Å².